The zero-order chi connectivity index (χ0) is 16.9. The monoisotopic (exact) mass is 321 g/mol. The third-order valence-corrected chi connectivity index (χ3v) is 3.83. The van der Waals surface area contributed by atoms with Crippen molar-refractivity contribution in [3.8, 4) is 0 Å². The molecular formula is C18H19N5O. The van der Waals surface area contributed by atoms with Gasteiger partial charge in [-0.05, 0) is 38.0 Å². The number of hydrogen-bond acceptors (Lipinski definition) is 4. The maximum absolute atomic E-state index is 12.8. The van der Waals surface area contributed by atoms with Gasteiger partial charge in [0.1, 0.15) is 5.92 Å². The van der Waals surface area contributed by atoms with Crippen molar-refractivity contribution in [1.29, 1.82) is 0 Å². The highest BCUT2D eigenvalue weighted by Crippen LogP contribution is 2.20. The van der Waals surface area contributed by atoms with Gasteiger partial charge >= 0.3 is 0 Å². The van der Waals surface area contributed by atoms with Gasteiger partial charge in [-0.3, -0.25) is 4.79 Å². The van der Waals surface area contributed by atoms with Crippen molar-refractivity contribution >= 4 is 11.6 Å². The van der Waals surface area contributed by atoms with Crippen molar-refractivity contribution in [3.05, 3.63) is 71.0 Å². The SMILES string of the molecule is Cc1ccc(NC(=O)[C@H](Cc2cccc(C)c2)c2nn[nH]n2)cc1. The van der Waals surface area contributed by atoms with E-state index in [1.165, 1.54) is 0 Å². The van der Waals surface area contributed by atoms with Gasteiger partial charge in [0, 0.05) is 5.69 Å². The summed E-state index contributed by atoms with van der Waals surface area (Å²) in [6.45, 7) is 4.03. The van der Waals surface area contributed by atoms with Crippen LogP contribution in [0.2, 0.25) is 0 Å². The number of amides is 1. The second kappa shape index (κ2) is 7.04. The van der Waals surface area contributed by atoms with E-state index in [0.717, 1.165) is 22.4 Å². The first kappa shape index (κ1) is 15.9. The minimum atomic E-state index is -0.508. The predicted molar refractivity (Wildman–Crippen MR) is 91.6 cm³/mol. The van der Waals surface area contributed by atoms with E-state index in [-0.39, 0.29) is 5.91 Å². The molecule has 122 valence electrons. The number of anilines is 1. The third kappa shape index (κ3) is 3.84. The van der Waals surface area contributed by atoms with Gasteiger partial charge in [-0.1, -0.05) is 52.7 Å². The van der Waals surface area contributed by atoms with E-state index in [1.807, 2.05) is 56.3 Å². The van der Waals surface area contributed by atoms with E-state index in [0.29, 0.717) is 12.2 Å². The highest BCUT2D eigenvalue weighted by atomic mass is 16.1. The molecule has 0 unspecified atom stereocenters. The quantitative estimate of drug-likeness (QED) is 0.757. The van der Waals surface area contributed by atoms with Crippen LogP contribution in [0.4, 0.5) is 5.69 Å². The molecule has 0 bridgehead atoms. The van der Waals surface area contributed by atoms with Crippen LogP contribution in [-0.4, -0.2) is 26.5 Å². The Labute approximate surface area is 140 Å². The number of H-pyrrole nitrogens is 1. The summed E-state index contributed by atoms with van der Waals surface area (Å²) in [7, 11) is 0. The van der Waals surface area contributed by atoms with Crippen LogP contribution >= 0.6 is 0 Å². The van der Waals surface area contributed by atoms with Gasteiger partial charge in [0.05, 0.1) is 0 Å². The Hall–Kier alpha value is -3.02. The number of benzene rings is 2. The van der Waals surface area contributed by atoms with E-state index in [1.54, 1.807) is 0 Å². The van der Waals surface area contributed by atoms with Crippen molar-refractivity contribution in [1.82, 2.24) is 20.6 Å². The van der Waals surface area contributed by atoms with Crippen molar-refractivity contribution in [3.63, 3.8) is 0 Å². The Balaban J connectivity index is 1.82. The molecule has 1 atom stereocenters. The Morgan fingerprint density at radius 1 is 1.12 bits per heavy atom. The zero-order valence-corrected chi connectivity index (χ0v) is 13.7. The smallest absolute Gasteiger partial charge is 0.235 e. The van der Waals surface area contributed by atoms with E-state index < -0.39 is 5.92 Å². The number of nitrogens with one attached hydrogen (secondary N) is 2. The number of carbonyl (C=O) groups excluding carboxylic acids is 1. The van der Waals surface area contributed by atoms with Crippen molar-refractivity contribution < 1.29 is 4.79 Å². The molecule has 2 aromatic carbocycles. The summed E-state index contributed by atoms with van der Waals surface area (Å²) < 4.78 is 0. The van der Waals surface area contributed by atoms with Crippen LogP contribution in [0.5, 0.6) is 0 Å². The first-order chi connectivity index (χ1) is 11.6. The lowest BCUT2D eigenvalue weighted by Crippen LogP contribution is -2.24. The van der Waals surface area contributed by atoms with Gasteiger partial charge in [0.2, 0.25) is 5.91 Å². The number of aryl methyl sites for hydroxylation is 2. The normalized spacial score (nSPS) is 11.9. The molecular weight excluding hydrogens is 302 g/mol. The van der Waals surface area contributed by atoms with E-state index in [2.05, 4.69) is 32.0 Å². The van der Waals surface area contributed by atoms with Crippen LogP contribution in [0.1, 0.15) is 28.4 Å². The summed E-state index contributed by atoms with van der Waals surface area (Å²) in [5.41, 5.74) is 4.10. The molecule has 3 aromatic rings. The first-order valence-corrected chi connectivity index (χ1v) is 7.78. The fraction of sp³-hybridized carbons (Fsp3) is 0.222. The summed E-state index contributed by atoms with van der Waals surface area (Å²) in [4.78, 5) is 12.8. The number of rotatable bonds is 5. The second-order valence-electron chi connectivity index (χ2n) is 5.87. The first-order valence-electron chi connectivity index (χ1n) is 7.78. The molecule has 0 aliphatic rings. The van der Waals surface area contributed by atoms with Crippen LogP contribution in [0.3, 0.4) is 0 Å². The minimum Gasteiger partial charge on any atom is -0.325 e. The predicted octanol–water partition coefficient (Wildman–Crippen LogP) is 2.78. The molecule has 0 spiro atoms. The number of nitrogens with zero attached hydrogens (tertiary/aromatic N) is 3. The fourth-order valence-electron chi connectivity index (χ4n) is 2.56. The molecule has 0 aliphatic carbocycles. The number of carbonyl (C=O) groups is 1. The fourth-order valence-corrected chi connectivity index (χ4v) is 2.56. The molecule has 0 saturated heterocycles. The Kier molecular flexibility index (Phi) is 4.65. The number of aromatic nitrogens is 4. The van der Waals surface area contributed by atoms with E-state index >= 15 is 0 Å². The molecule has 2 N–H and O–H groups in total. The molecule has 1 aromatic heterocycles. The lowest BCUT2D eigenvalue weighted by molar-refractivity contribution is -0.117. The van der Waals surface area contributed by atoms with Gasteiger partial charge in [-0.2, -0.15) is 5.21 Å². The molecule has 6 heteroatoms. The number of aromatic amines is 1. The second-order valence-corrected chi connectivity index (χ2v) is 5.87. The summed E-state index contributed by atoms with van der Waals surface area (Å²) >= 11 is 0. The standard InChI is InChI=1S/C18H19N5O/c1-12-6-8-15(9-7-12)19-18(24)16(17-20-22-23-21-17)11-14-5-3-4-13(2)10-14/h3-10,16H,11H2,1-2H3,(H,19,24)(H,20,21,22,23)/t16-/m1/s1. The van der Waals surface area contributed by atoms with Crippen molar-refractivity contribution in [2.24, 2.45) is 0 Å². The molecule has 1 amide bonds. The molecule has 24 heavy (non-hydrogen) atoms. The van der Waals surface area contributed by atoms with E-state index in [9.17, 15) is 4.79 Å². The van der Waals surface area contributed by atoms with Gasteiger partial charge in [-0.25, -0.2) is 0 Å². The summed E-state index contributed by atoms with van der Waals surface area (Å²) in [5, 5.41) is 16.9. The maximum Gasteiger partial charge on any atom is 0.235 e. The average molecular weight is 321 g/mol. The summed E-state index contributed by atoms with van der Waals surface area (Å²) in [6.07, 6.45) is 0.513. The van der Waals surface area contributed by atoms with E-state index in [4.69, 9.17) is 0 Å². The maximum atomic E-state index is 12.8. The molecule has 0 fully saturated rings. The van der Waals surface area contributed by atoms with Crippen LogP contribution in [0, 0.1) is 13.8 Å². The Morgan fingerprint density at radius 2 is 1.92 bits per heavy atom. The van der Waals surface area contributed by atoms with Gasteiger partial charge < -0.3 is 5.32 Å². The lowest BCUT2D eigenvalue weighted by Gasteiger charge is -2.14. The Bertz CT molecular complexity index is 812. The largest absolute Gasteiger partial charge is 0.325 e. The molecule has 0 aliphatic heterocycles. The topological polar surface area (TPSA) is 83.6 Å². The number of hydrogen-bond donors (Lipinski definition) is 2. The summed E-state index contributed by atoms with van der Waals surface area (Å²) in [6, 6.07) is 15.7. The highest BCUT2D eigenvalue weighted by Gasteiger charge is 2.25. The van der Waals surface area contributed by atoms with Crippen LogP contribution in [-0.2, 0) is 11.2 Å². The Morgan fingerprint density at radius 3 is 2.58 bits per heavy atom. The minimum absolute atomic E-state index is 0.151. The van der Waals surface area contributed by atoms with Gasteiger partial charge in [0.15, 0.2) is 5.82 Å². The van der Waals surface area contributed by atoms with Crippen molar-refractivity contribution in [2.75, 3.05) is 5.32 Å². The lowest BCUT2D eigenvalue weighted by atomic mass is 9.96. The van der Waals surface area contributed by atoms with Gasteiger partial charge in [-0.15, -0.1) is 10.2 Å². The third-order valence-electron chi connectivity index (χ3n) is 3.83. The van der Waals surface area contributed by atoms with Crippen molar-refractivity contribution in [2.45, 2.75) is 26.2 Å². The van der Waals surface area contributed by atoms with Crippen LogP contribution in [0.25, 0.3) is 0 Å². The molecule has 0 radical (unpaired) electrons. The highest BCUT2D eigenvalue weighted by molar-refractivity contribution is 5.95. The molecule has 0 saturated carbocycles. The molecule has 1 heterocycles. The van der Waals surface area contributed by atoms with Crippen LogP contribution in [0.15, 0.2) is 48.5 Å². The van der Waals surface area contributed by atoms with Crippen LogP contribution < -0.4 is 5.32 Å². The zero-order valence-electron chi connectivity index (χ0n) is 13.7. The molecule has 6 nitrogen and oxygen atoms in total. The molecule has 3 rings (SSSR count). The number of tetrazole rings is 1. The summed E-state index contributed by atoms with van der Waals surface area (Å²) in [5.74, 6) is -0.269. The average Bonchev–Trinajstić information content (AvgIpc) is 3.09. The van der Waals surface area contributed by atoms with Gasteiger partial charge in [0.25, 0.3) is 0 Å².